The third-order valence-electron chi connectivity index (χ3n) is 2.32. The Morgan fingerprint density at radius 1 is 1.37 bits per heavy atom. The van der Waals surface area contributed by atoms with Gasteiger partial charge in [0.05, 0.1) is 12.8 Å². The number of aliphatic hydroxyl groups excluding tert-OH is 1. The Bertz CT molecular complexity index is 438. The number of rotatable bonds is 4. The zero-order valence-electron chi connectivity index (χ0n) is 11.8. The molecular weight excluding hydrogens is 246 g/mol. The van der Waals surface area contributed by atoms with Crippen LogP contribution in [0, 0.1) is 0 Å². The van der Waals surface area contributed by atoms with Gasteiger partial charge in [0, 0.05) is 6.61 Å². The van der Waals surface area contributed by atoms with Crippen LogP contribution in [0.5, 0.6) is 5.75 Å². The molecule has 0 fully saturated rings. The quantitative estimate of drug-likeness (QED) is 0.879. The highest BCUT2D eigenvalue weighted by molar-refractivity contribution is 5.87. The second-order valence-electron chi connectivity index (χ2n) is 5.10. The lowest BCUT2D eigenvalue weighted by atomic mass is 10.1. The van der Waals surface area contributed by atoms with Crippen LogP contribution in [-0.2, 0) is 11.2 Å². The van der Waals surface area contributed by atoms with E-state index in [1.165, 1.54) is 7.11 Å². The summed E-state index contributed by atoms with van der Waals surface area (Å²) in [7, 11) is 1.52. The van der Waals surface area contributed by atoms with E-state index in [1.807, 2.05) is 6.07 Å². The van der Waals surface area contributed by atoms with E-state index in [9.17, 15) is 4.79 Å². The van der Waals surface area contributed by atoms with E-state index in [0.29, 0.717) is 17.9 Å². The number of hydrogen-bond acceptors (Lipinski definition) is 4. The van der Waals surface area contributed by atoms with E-state index in [1.54, 1.807) is 32.9 Å². The predicted octanol–water partition coefficient (Wildman–Crippen LogP) is 2.58. The molecule has 0 saturated heterocycles. The number of benzene rings is 1. The van der Waals surface area contributed by atoms with Crippen molar-refractivity contribution in [3.05, 3.63) is 23.8 Å². The molecule has 19 heavy (non-hydrogen) atoms. The molecule has 1 aromatic rings. The molecule has 0 spiro atoms. The molecule has 0 aromatic heterocycles. The molecule has 0 radical (unpaired) electrons. The third kappa shape index (κ3) is 4.79. The average molecular weight is 267 g/mol. The molecule has 1 aromatic carbocycles. The van der Waals surface area contributed by atoms with Gasteiger partial charge in [0.2, 0.25) is 0 Å². The van der Waals surface area contributed by atoms with Crippen molar-refractivity contribution in [1.29, 1.82) is 0 Å². The van der Waals surface area contributed by atoms with Crippen molar-refractivity contribution in [2.75, 3.05) is 19.0 Å². The van der Waals surface area contributed by atoms with E-state index in [-0.39, 0.29) is 6.61 Å². The number of hydrogen-bond donors (Lipinski definition) is 2. The highest BCUT2D eigenvalue weighted by Gasteiger charge is 2.18. The Kier molecular flexibility index (Phi) is 5.18. The fraction of sp³-hybridized carbons (Fsp3) is 0.500. The monoisotopic (exact) mass is 267 g/mol. The van der Waals surface area contributed by atoms with Gasteiger partial charge in [-0.3, -0.25) is 5.32 Å². The number of aliphatic hydroxyl groups is 1. The Morgan fingerprint density at radius 2 is 2.05 bits per heavy atom. The molecule has 1 amide bonds. The van der Waals surface area contributed by atoms with Crippen LogP contribution in [0.2, 0.25) is 0 Å². The number of carbonyl (C=O) groups excluding carboxylic acids is 1. The largest absolute Gasteiger partial charge is 0.494 e. The van der Waals surface area contributed by atoms with Gasteiger partial charge in [-0.05, 0) is 38.8 Å². The summed E-state index contributed by atoms with van der Waals surface area (Å²) in [4.78, 5) is 11.7. The predicted molar refractivity (Wildman–Crippen MR) is 73.6 cm³/mol. The maximum absolute atomic E-state index is 11.7. The lowest BCUT2D eigenvalue weighted by Crippen LogP contribution is -2.27. The first-order valence-electron chi connectivity index (χ1n) is 6.14. The molecule has 0 aliphatic heterocycles. The summed E-state index contributed by atoms with van der Waals surface area (Å²) in [5, 5.41) is 11.6. The standard InChI is InChI=1S/C14H21NO4/c1-14(2,3)19-13(17)15-11-7-5-6-10(8-9-16)12(11)18-4/h5-7,16H,8-9H2,1-4H3,(H,15,17). The fourth-order valence-electron chi connectivity index (χ4n) is 1.66. The van der Waals surface area contributed by atoms with Crippen molar-refractivity contribution in [2.24, 2.45) is 0 Å². The van der Waals surface area contributed by atoms with Crippen LogP contribution in [0.4, 0.5) is 10.5 Å². The van der Waals surface area contributed by atoms with Crippen LogP contribution in [-0.4, -0.2) is 30.5 Å². The lowest BCUT2D eigenvalue weighted by molar-refractivity contribution is 0.0635. The molecule has 5 heteroatoms. The van der Waals surface area contributed by atoms with Crippen molar-refractivity contribution in [3.8, 4) is 5.75 Å². The van der Waals surface area contributed by atoms with Gasteiger partial charge in [-0.1, -0.05) is 12.1 Å². The summed E-state index contributed by atoms with van der Waals surface area (Å²) in [6, 6.07) is 5.36. The van der Waals surface area contributed by atoms with E-state index >= 15 is 0 Å². The second kappa shape index (κ2) is 6.43. The van der Waals surface area contributed by atoms with Gasteiger partial charge in [-0.2, -0.15) is 0 Å². The number of anilines is 1. The van der Waals surface area contributed by atoms with Gasteiger partial charge in [0.15, 0.2) is 0 Å². The summed E-state index contributed by atoms with van der Waals surface area (Å²) in [6.45, 7) is 5.41. The molecule has 0 aliphatic rings. The summed E-state index contributed by atoms with van der Waals surface area (Å²) in [6.07, 6.45) is -0.0699. The molecule has 0 aliphatic carbocycles. The first-order valence-corrected chi connectivity index (χ1v) is 6.14. The second-order valence-corrected chi connectivity index (χ2v) is 5.10. The molecule has 0 unspecified atom stereocenters. The summed E-state index contributed by atoms with van der Waals surface area (Å²) in [5.74, 6) is 0.544. The Balaban J connectivity index is 2.88. The van der Waals surface area contributed by atoms with Gasteiger partial charge < -0.3 is 14.6 Å². The van der Waals surface area contributed by atoms with Gasteiger partial charge in [0.25, 0.3) is 0 Å². The van der Waals surface area contributed by atoms with E-state index in [0.717, 1.165) is 5.56 Å². The van der Waals surface area contributed by atoms with Gasteiger partial charge in [0.1, 0.15) is 11.4 Å². The number of ether oxygens (including phenoxy) is 2. The van der Waals surface area contributed by atoms with Crippen molar-refractivity contribution < 1.29 is 19.4 Å². The highest BCUT2D eigenvalue weighted by Crippen LogP contribution is 2.29. The molecule has 2 N–H and O–H groups in total. The number of carbonyl (C=O) groups is 1. The minimum Gasteiger partial charge on any atom is -0.494 e. The molecule has 5 nitrogen and oxygen atoms in total. The van der Waals surface area contributed by atoms with E-state index < -0.39 is 11.7 Å². The number of amides is 1. The van der Waals surface area contributed by atoms with Gasteiger partial charge in [-0.15, -0.1) is 0 Å². The van der Waals surface area contributed by atoms with Crippen molar-refractivity contribution in [3.63, 3.8) is 0 Å². The molecule has 0 heterocycles. The van der Waals surface area contributed by atoms with Gasteiger partial charge >= 0.3 is 6.09 Å². The van der Waals surface area contributed by atoms with Crippen molar-refractivity contribution in [1.82, 2.24) is 0 Å². The van der Waals surface area contributed by atoms with Crippen LogP contribution in [0.25, 0.3) is 0 Å². The SMILES string of the molecule is COc1c(CCO)cccc1NC(=O)OC(C)(C)C. The maximum Gasteiger partial charge on any atom is 0.412 e. The minimum atomic E-state index is -0.556. The van der Waals surface area contributed by atoms with Crippen molar-refractivity contribution in [2.45, 2.75) is 32.8 Å². The van der Waals surface area contributed by atoms with Crippen molar-refractivity contribution >= 4 is 11.8 Å². The highest BCUT2D eigenvalue weighted by atomic mass is 16.6. The average Bonchev–Trinajstić information content (AvgIpc) is 2.27. The Labute approximate surface area is 113 Å². The van der Waals surface area contributed by atoms with Crippen LogP contribution in [0.15, 0.2) is 18.2 Å². The Hall–Kier alpha value is -1.75. The topological polar surface area (TPSA) is 67.8 Å². The lowest BCUT2D eigenvalue weighted by Gasteiger charge is -2.20. The maximum atomic E-state index is 11.7. The molecule has 0 bridgehead atoms. The number of nitrogens with one attached hydrogen (secondary N) is 1. The van der Waals surface area contributed by atoms with Crippen LogP contribution < -0.4 is 10.1 Å². The normalized spacial score (nSPS) is 11.0. The molecule has 0 atom stereocenters. The molecule has 0 saturated carbocycles. The summed E-state index contributed by atoms with van der Waals surface area (Å²) >= 11 is 0. The first kappa shape index (κ1) is 15.3. The fourth-order valence-corrected chi connectivity index (χ4v) is 1.66. The zero-order valence-corrected chi connectivity index (χ0v) is 11.8. The smallest absolute Gasteiger partial charge is 0.412 e. The van der Waals surface area contributed by atoms with Crippen LogP contribution in [0.3, 0.4) is 0 Å². The third-order valence-corrected chi connectivity index (χ3v) is 2.32. The first-order chi connectivity index (χ1) is 8.87. The molecule has 106 valence electrons. The summed E-state index contributed by atoms with van der Waals surface area (Å²) < 4.78 is 10.5. The molecule has 1 rings (SSSR count). The van der Waals surface area contributed by atoms with Gasteiger partial charge in [-0.25, -0.2) is 4.79 Å². The zero-order chi connectivity index (χ0) is 14.5. The van der Waals surface area contributed by atoms with Crippen LogP contribution in [0.1, 0.15) is 26.3 Å². The van der Waals surface area contributed by atoms with E-state index in [4.69, 9.17) is 14.6 Å². The molecular formula is C14H21NO4. The Morgan fingerprint density at radius 3 is 2.58 bits per heavy atom. The minimum absolute atomic E-state index is 0.0201. The van der Waals surface area contributed by atoms with Crippen LogP contribution >= 0.6 is 0 Å². The number of para-hydroxylation sites is 1. The summed E-state index contributed by atoms with van der Waals surface area (Å²) in [5.41, 5.74) is 0.807. The van der Waals surface area contributed by atoms with E-state index in [2.05, 4.69) is 5.32 Å². The number of methoxy groups -OCH3 is 1.